The molecule has 0 saturated carbocycles. The number of carbonyl (C=O) groups is 1. The van der Waals surface area contributed by atoms with Crippen LogP contribution in [0.4, 0.5) is 8.78 Å². The molecule has 0 unspecified atom stereocenters. The predicted octanol–water partition coefficient (Wildman–Crippen LogP) is 4.65. The molecule has 0 aromatic heterocycles. The molecule has 0 aliphatic carbocycles. The molecule has 1 aliphatic rings. The Hall–Kier alpha value is -2.38. The van der Waals surface area contributed by atoms with Crippen LogP contribution in [0.15, 0.2) is 30.3 Å². The summed E-state index contributed by atoms with van der Waals surface area (Å²) in [6.07, 6.45) is 0. The number of hydrogen-bond acceptors (Lipinski definition) is 4. The smallest absolute Gasteiger partial charge is 0.387 e. The zero-order valence-electron chi connectivity index (χ0n) is 16.1. The molecule has 2 aromatic carbocycles. The first-order valence-corrected chi connectivity index (χ1v) is 9.52. The molecule has 0 atom stereocenters. The Bertz CT molecular complexity index is 877. The number of rotatable bonds is 8. The zero-order chi connectivity index (χ0) is 21.1. The van der Waals surface area contributed by atoms with Gasteiger partial charge >= 0.3 is 12.6 Å². The van der Waals surface area contributed by atoms with Gasteiger partial charge in [0.15, 0.2) is 0 Å². The largest absolute Gasteiger partial charge is 0.488 e. The van der Waals surface area contributed by atoms with Crippen molar-refractivity contribution in [2.24, 2.45) is 5.92 Å². The highest BCUT2D eigenvalue weighted by molar-refractivity contribution is 6.32. The molecule has 1 heterocycles. The summed E-state index contributed by atoms with van der Waals surface area (Å²) in [5.74, 6) is -0.382. The molecule has 29 heavy (non-hydrogen) atoms. The Kier molecular flexibility index (Phi) is 6.59. The summed E-state index contributed by atoms with van der Waals surface area (Å²) in [5.41, 5.74) is 3.66. The van der Waals surface area contributed by atoms with Gasteiger partial charge in [-0.1, -0.05) is 29.8 Å². The molecular formula is C21H22ClF2NO4. The first-order valence-electron chi connectivity index (χ1n) is 9.14. The fraction of sp³-hybridized carbons (Fsp3) is 0.381. The van der Waals surface area contributed by atoms with Crippen molar-refractivity contribution in [2.45, 2.75) is 33.6 Å². The summed E-state index contributed by atoms with van der Waals surface area (Å²) >= 11 is 5.87. The first-order chi connectivity index (χ1) is 13.7. The van der Waals surface area contributed by atoms with Crippen LogP contribution in [-0.2, 0) is 17.9 Å². The van der Waals surface area contributed by atoms with Crippen LogP contribution in [0.2, 0.25) is 5.02 Å². The normalized spacial score (nSPS) is 14.7. The Morgan fingerprint density at radius 3 is 2.45 bits per heavy atom. The third kappa shape index (κ3) is 5.36. The fourth-order valence-corrected chi connectivity index (χ4v) is 3.61. The Balaban J connectivity index is 1.64. The maximum atomic E-state index is 12.5. The van der Waals surface area contributed by atoms with Gasteiger partial charge in [-0.3, -0.25) is 9.69 Å². The molecule has 1 saturated heterocycles. The average molecular weight is 426 g/mol. The van der Waals surface area contributed by atoms with Crippen molar-refractivity contribution in [1.82, 2.24) is 4.90 Å². The van der Waals surface area contributed by atoms with Crippen LogP contribution in [0.1, 0.15) is 22.3 Å². The molecule has 5 nitrogen and oxygen atoms in total. The van der Waals surface area contributed by atoms with Gasteiger partial charge in [-0.15, -0.1) is 0 Å². The highest BCUT2D eigenvalue weighted by Crippen LogP contribution is 2.30. The minimum absolute atomic E-state index is 0.0826. The molecule has 0 radical (unpaired) electrons. The lowest BCUT2D eigenvalue weighted by Crippen LogP contribution is -2.49. The highest BCUT2D eigenvalue weighted by Gasteiger charge is 2.32. The minimum atomic E-state index is -2.95. The molecular weight excluding hydrogens is 404 g/mol. The van der Waals surface area contributed by atoms with Gasteiger partial charge in [0.2, 0.25) is 0 Å². The highest BCUT2D eigenvalue weighted by atomic mass is 35.5. The molecule has 0 amide bonds. The fourth-order valence-electron chi connectivity index (χ4n) is 3.45. The van der Waals surface area contributed by atoms with Crippen molar-refractivity contribution in [3.63, 3.8) is 0 Å². The molecule has 1 fully saturated rings. The van der Waals surface area contributed by atoms with E-state index in [9.17, 15) is 13.6 Å². The summed E-state index contributed by atoms with van der Waals surface area (Å²) in [7, 11) is 0. The van der Waals surface area contributed by atoms with Crippen molar-refractivity contribution in [2.75, 3.05) is 13.1 Å². The molecule has 1 aliphatic heterocycles. The summed E-state index contributed by atoms with van der Waals surface area (Å²) < 4.78 is 35.3. The van der Waals surface area contributed by atoms with Gasteiger partial charge in [0, 0.05) is 19.6 Å². The third-order valence-electron chi connectivity index (χ3n) is 4.83. The van der Waals surface area contributed by atoms with E-state index in [1.165, 1.54) is 12.1 Å². The van der Waals surface area contributed by atoms with Gasteiger partial charge in [0.05, 0.1) is 10.9 Å². The SMILES string of the molecule is Cc1cc(CN2CC(C(=O)O)C2)cc(C)c1OCc1ccc(Cl)c(OC(F)F)c1. The molecule has 8 heteroatoms. The number of likely N-dealkylation sites (tertiary alicyclic amines) is 1. The van der Waals surface area contributed by atoms with E-state index in [4.69, 9.17) is 21.4 Å². The maximum Gasteiger partial charge on any atom is 0.387 e. The lowest BCUT2D eigenvalue weighted by molar-refractivity contribution is -0.147. The minimum Gasteiger partial charge on any atom is -0.488 e. The third-order valence-corrected chi connectivity index (χ3v) is 5.14. The van der Waals surface area contributed by atoms with Crippen LogP contribution in [-0.4, -0.2) is 35.7 Å². The Labute approximate surface area is 172 Å². The Morgan fingerprint density at radius 2 is 1.86 bits per heavy atom. The van der Waals surface area contributed by atoms with E-state index in [2.05, 4.69) is 9.64 Å². The van der Waals surface area contributed by atoms with Crippen LogP contribution in [0.25, 0.3) is 0 Å². The molecule has 2 aromatic rings. The second-order valence-corrected chi connectivity index (χ2v) is 7.63. The van der Waals surface area contributed by atoms with E-state index < -0.39 is 12.6 Å². The summed E-state index contributed by atoms with van der Waals surface area (Å²) in [6, 6.07) is 8.67. The quantitative estimate of drug-likeness (QED) is 0.667. The van der Waals surface area contributed by atoms with Gasteiger partial charge in [0.25, 0.3) is 0 Å². The van der Waals surface area contributed by atoms with Gasteiger partial charge in [0.1, 0.15) is 18.1 Å². The van der Waals surface area contributed by atoms with Gasteiger partial charge in [-0.05, 0) is 48.2 Å². The van der Waals surface area contributed by atoms with E-state index >= 15 is 0 Å². The molecule has 156 valence electrons. The van der Waals surface area contributed by atoms with Gasteiger partial charge in [-0.25, -0.2) is 0 Å². The lowest BCUT2D eigenvalue weighted by Gasteiger charge is -2.36. The second-order valence-electron chi connectivity index (χ2n) is 7.22. The van der Waals surface area contributed by atoms with E-state index in [1.54, 1.807) is 6.07 Å². The number of ether oxygens (including phenoxy) is 2. The topological polar surface area (TPSA) is 59.0 Å². The number of aliphatic carboxylic acids is 1. The standard InChI is InChI=1S/C21H22ClF2NO4/c1-12-5-15(8-25-9-16(10-25)20(26)27)6-13(2)19(12)28-11-14-3-4-17(22)18(7-14)29-21(23)24/h3-7,16,21H,8-11H2,1-2H3,(H,26,27). The number of aryl methyl sites for hydroxylation is 2. The number of carboxylic acids is 1. The van der Waals surface area contributed by atoms with Gasteiger partial charge in [-0.2, -0.15) is 8.78 Å². The average Bonchev–Trinajstić information content (AvgIpc) is 2.59. The van der Waals surface area contributed by atoms with E-state index in [1.807, 2.05) is 26.0 Å². The van der Waals surface area contributed by atoms with E-state index in [-0.39, 0.29) is 23.3 Å². The first kappa shape index (κ1) is 21.3. The van der Waals surface area contributed by atoms with Crippen molar-refractivity contribution in [3.8, 4) is 11.5 Å². The van der Waals surface area contributed by atoms with Crippen LogP contribution in [0, 0.1) is 19.8 Å². The number of halogens is 3. The molecule has 0 bridgehead atoms. The van der Waals surface area contributed by atoms with E-state index in [0.717, 1.165) is 22.4 Å². The van der Waals surface area contributed by atoms with Crippen molar-refractivity contribution in [3.05, 3.63) is 57.6 Å². The van der Waals surface area contributed by atoms with Crippen LogP contribution in [0.5, 0.6) is 11.5 Å². The number of carboxylic acid groups (broad SMARTS) is 1. The van der Waals surface area contributed by atoms with Crippen molar-refractivity contribution >= 4 is 17.6 Å². The molecule has 0 spiro atoms. The van der Waals surface area contributed by atoms with Crippen LogP contribution >= 0.6 is 11.6 Å². The number of hydrogen-bond donors (Lipinski definition) is 1. The lowest BCUT2D eigenvalue weighted by atomic mass is 9.98. The Morgan fingerprint density at radius 1 is 1.21 bits per heavy atom. The van der Waals surface area contributed by atoms with Crippen LogP contribution < -0.4 is 9.47 Å². The number of alkyl halides is 2. The van der Waals surface area contributed by atoms with Crippen LogP contribution in [0.3, 0.4) is 0 Å². The number of nitrogens with zero attached hydrogens (tertiary/aromatic N) is 1. The monoisotopic (exact) mass is 425 g/mol. The number of benzene rings is 2. The molecule has 3 rings (SSSR count). The molecule has 1 N–H and O–H groups in total. The second kappa shape index (κ2) is 8.97. The summed E-state index contributed by atoms with van der Waals surface area (Å²) in [4.78, 5) is 13.0. The summed E-state index contributed by atoms with van der Waals surface area (Å²) in [5, 5.41) is 9.09. The van der Waals surface area contributed by atoms with Gasteiger partial charge < -0.3 is 14.6 Å². The zero-order valence-corrected chi connectivity index (χ0v) is 16.9. The van der Waals surface area contributed by atoms with Crippen molar-refractivity contribution < 1.29 is 28.2 Å². The maximum absolute atomic E-state index is 12.5. The predicted molar refractivity (Wildman–Crippen MR) is 105 cm³/mol. The summed E-state index contributed by atoms with van der Waals surface area (Å²) in [6.45, 7) is 2.93. The van der Waals surface area contributed by atoms with Crippen molar-refractivity contribution in [1.29, 1.82) is 0 Å². The van der Waals surface area contributed by atoms with E-state index in [0.29, 0.717) is 25.2 Å².